The summed E-state index contributed by atoms with van der Waals surface area (Å²) in [6.45, 7) is 7.88. The topological polar surface area (TPSA) is 58.1 Å². The molecule has 4 rings (SSSR count). The molecule has 28 heavy (non-hydrogen) atoms. The van der Waals surface area contributed by atoms with Gasteiger partial charge in [-0.3, -0.25) is 4.79 Å². The molecule has 0 unspecified atom stereocenters. The average Bonchev–Trinajstić information content (AvgIpc) is 3.13. The molecule has 1 aromatic carbocycles. The summed E-state index contributed by atoms with van der Waals surface area (Å²) < 4.78 is 0. The Labute approximate surface area is 169 Å². The average molecular weight is 395 g/mol. The summed E-state index contributed by atoms with van der Waals surface area (Å²) >= 11 is 1.73. The second kappa shape index (κ2) is 7.87. The highest BCUT2D eigenvalue weighted by Gasteiger charge is 2.28. The van der Waals surface area contributed by atoms with Gasteiger partial charge in [0.15, 0.2) is 0 Å². The highest BCUT2D eigenvalue weighted by atomic mass is 32.1. The molecule has 1 aliphatic heterocycles. The SMILES string of the molecule is CCc1cc2c(N3CCC[C@H](C(=O)Nc4ccc(C)cc4C)C3)ncnc2s1. The van der Waals surface area contributed by atoms with E-state index in [1.807, 2.05) is 19.1 Å². The highest BCUT2D eigenvalue weighted by Crippen LogP contribution is 2.33. The van der Waals surface area contributed by atoms with Crippen LogP contribution in [0, 0.1) is 19.8 Å². The predicted octanol–water partition coefficient (Wildman–Crippen LogP) is 4.73. The normalized spacial score (nSPS) is 17.1. The zero-order valence-electron chi connectivity index (χ0n) is 16.7. The molecular formula is C22H26N4OS. The number of benzene rings is 1. The van der Waals surface area contributed by atoms with Crippen LogP contribution in [0.5, 0.6) is 0 Å². The molecule has 0 aliphatic carbocycles. The van der Waals surface area contributed by atoms with Crippen LogP contribution in [0.4, 0.5) is 11.5 Å². The van der Waals surface area contributed by atoms with Gasteiger partial charge in [0.1, 0.15) is 17.0 Å². The lowest BCUT2D eigenvalue weighted by Gasteiger charge is -2.33. The standard InChI is InChI=1S/C22H26N4OS/c1-4-17-11-18-20(23-13-24-22(18)28-17)26-9-5-6-16(12-26)21(27)25-19-8-7-14(2)10-15(19)3/h7-8,10-11,13,16H,4-6,9,12H2,1-3H3,(H,25,27)/t16-/m0/s1. The molecule has 1 amide bonds. The molecule has 1 aliphatic rings. The fourth-order valence-corrected chi connectivity index (χ4v) is 4.82. The van der Waals surface area contributed by atoms with E-state index in [0.717, 1.165) is 53.1 Å². The molecule has 1 atom stereocenters. The number of hydrogen-bond acceptors (Lipinski definition) is 5. The summed E-state index contributed by atoms with van der Waals surface area (Å²) in [5.41, 5.74) is 3.21. The van der Waals surface area contributed by atoms with Gasteiger partial charge in [0.2, 0.25) is 5.91 Å². The number of nitrogens with zero attached hydrogens (tertiary/aromatic N) is 3. The van der Waals surface area contributed by atoms with Crippen LogP contribution < -0.4 is 10.2 Å². The van der Waals surface area contributed by atoms with Gasteiger partial charge in [-0.1, -0.05) is 24.6 Å². The molecule has 2 aromatic heterocycles. The molecular weight excluding hydrogens is 368 g/mol. The van der Waals surface area contributed by atoms with E-state index < -0.39 is 0 Å². The number of hydrogen-bond donors (Lipinski definition) is 1. The van der Waals surface area contributed by atoms with Gasteiger partial charge < -0.3 is 10.2 Å². The van der Waals surface area contributed by atoms with Crippen LogP contribution in [0.3, 0.4) is 0 Å². The van der Waals surface area contributed by atoms with Gasteiger partial charge in [-0.25, -0.2) is 9.97 Å². The van der Waals surface area contributed by atoms with Crippen LogP contribution in [0.25, 0.3) is 10.2 Å². The third-order valence-corrected chi connectivity index (χ3v) is 6.63. The minimum Gasteiger partial charge on any atom is -0.355 e. The maximum absolute atomic E-state index is 12.9. The summed E-state index contributed by atoms with van der Waals surface area (Å²) in [7, 11) is 0. The molecule has 0 bridgehead atoms. The molecule has 6 heteroatoms. The van der Waals surface area contributed by atoms with Crippen LogP contribution in [0.1, 0.15) is 35.8 Å². The van der Waals surface area contributed by atoms with Crippen molar-refractivity contribution in [3.63, 3.8) is 0 Å². The minimum absolute atomic E-state index is 0.0382. The Morgan fingerprint density at radius 3 is 2.93 bits per heavy atom. The number of amides is 1. The fourth-order valence-electron chi connectivity index (χ4n) is 3.89. The number of aromatic nitrogens is 2. The quantitative estimate of drug-likeness (QED) is 0.695. The third kappa shape index (κ3) is 3.74. The number of aryl methyl sites for hydroxylation is 3. The van der Waals surface area contributed by atoms with E-state index in [4.69, 9.17) is 0 Å². The largest absolute Gasteiger partial charge is 0.355 e. The Balaban J connectivity index is 1.53. The number of thiophene rings is 1. The zero-order chi connectivity index (χ0) is 19.7. The van der Waals surface area contributed by atoms with Gasteiger partial charge in [0.05, 0.1) is 11.3 Å². The van der Waals surface area contributed by atoms with Gasteiger partial charge >= 0.3 is 0 Å². The van der Waals surface area contributed by atoms with Crippen molar-refractivity contribution in [2.24, 2.45) is 5.92 Å². The van der Waals surface area contributed by atoms with Crippen molar-refractivity contribution in [2.45, 2.75) is 40.0 Å². The van der Waals surface area contributed by atoms with Crippen molar-refractivity contribution in [3.05, 3.63) is 46.6 Å². The van der Waals surface area contributed by atoms with E-state index in [-0.39, 0.29) is 11.8 Å². The van der Waals surface area contributed by atoms with E-state index in [0.29, 0.717) is 6.54 Å². The van der Waals surface area contributed by atoms with Crippen molar-refractivity contribution in [2.75, 3.05) is 23.3 Å². The minimum atomic E-state index is -0.0382. The number of piperidine rings is 1. The lowest BCUT2D eigenvalue weighted by atomic mass is 9.96. The number of rotatable bonds is 4. The molecule has 3 aromatic rings. The smallest absolute Gasteiger partial charge is 0.229 e. The van der Waals surface area contributed by atoms with Crippen LogP contribution in [-0.2, 0) is 11.2 Å². The summed E-state index contributed by atoms with van der Waals surface area (Å²) in [4.78, 5) is 26.5. The van der Waals surface area contributed by atoms with Crippen molar-refractivity contribution >= 4 is 39.0 Å². The highest BCUT2D eigenvalue weighted by molar-refractivity contribution is 7.18. The number of carbonyl (C=O) groups excluding carboxylic acids is 1. The van der Waals surface area contributed by atoms with Crippen LogP contribution in [0.2, 0.25) is 0 Å². The van der Waals surface area contributed by atoms with Gasteiger partial charge in [-0.2, -0.15) is 0 Å². The summed E-state index contributed by atoms with van der Waals surface area (Å²) in [6.07, 6.45) is 4.54. The summed E-state index contributed by atoms with van der Waals surface area (Å²) in [6, 6.07) is 8.33. The number of nitrogens with one attached hydrogen (secondary N) is 1. The first kappa shape index (κ1) is 18.9. The van der Waals surface area contributed by atoms with Gasteiger partial charge in [-0.05, 0) is 50.8 Å². The molecule has 146 valence electrons. The van der Waals surface area contributed by atoms with Crippen LogP contribution >= 0.6 is 11.3 Å². The number of carbonyl (C=O) groups is 1. The Hall–Kier alpha value is -2.47. The molecule has 1 saturated heterocycles. The Morgan fingerprint density at radius 2 is 2.14 bits per heavy atom. The molecule has 5 nitrogen and oxygen atoms in total. The fraction of sp³-hybridized carbons (Fsp3) is 0.409. The second-order valence-electron chi connectivity index (χ2n) is 7.58. The Bertz CT molecular complexity index is 1010. The van der Waals surface area contributed by atoms with Crippen molar-refractivity contribution in [1.82, 2.24) is 9.97 Å². The van der Waals surface area contributed by atoms with Gasteiger partial charge in [-0.15, -0.1) is 11.3 Å². The lowest BCUT2D eigenvalue weighted by Crippen LogP contribution is -2.41. The summed E-state index contributed by atoms with van der Waals surface area (Å²) in [5, 5.41) is 4.24. The Morgan fingerprint density at radius 1 is 1.29 bits per heavy atom. The molecule has 0 saturated carbocycles. The lowest BCUT2D eigenvalue weighted by molar-refractivity contribution is -0.120. The Kier molecular flexibility index (Phi) is 5.31. The molecule has 3 heterocycles. The van der Waals surface area contributed by atoms with Crippen molar-refractivity contribution < 1.29 is 4.79 Å². The molecule has 0 radical (unpaired) electrons. The van der Waals surface area contributed by atoms with E-state index in [1.54, 1.807) is 17.7 Å². The van der Waals surface area contributed by atoms with Gasteiger partial charge in [0.25, 0.3) is 0 Å². The second-order valence-corrected chi connectivity index (χ2v) is 8.69. The number of fused-ring (bicyclic) bond motifs is 1. The van der Waals surface area contributed by atoms with Gasteiger partial charge in [0, 0.05) is 23.7 Å². The van der Waals surface area contributed by atoms with Crippen LogP contribution in [0.15, 0.2) is 30.6 Å². The number of anilines is 2. The first-order valence-corrected chi connectivity index (χ1v) is 10.7. The summed E-state index contributed by atoms with van der Waals surface area (Å²) in [5.74, 6) is 1.02. The molecule has 1 fully saturated rings. The van der Waals surface area contributed by atoms with Crippen LogP contribution in [-0.4, -0.2) is 29.0 Å². The van der Waals surface area contributed by atoms with E-state index in [1.165, 1.54) is 10.4 Å². The zero-order valence-corrected chi connectivity index (χ0v) is 17.5. The molecule has 0 spiro atoms. The maximum atomic E-state index is 12.9. The first-order valence-electron chi connectivity index (χ1n) is 9.91. The third-order valence-electron chi connectivity index (χ3n) is 5.44. The van der Waals surface area contributed by atoms with E-state index in [9.17, 15) is 4.79 Å². The maximum Gasteiger partial charge on any atom is 0.229 e. The van der Waals surface area contributed by atoms with E-state index >= 15 is 0 Å². The predicted molar refractivity (Wildman–Crippen MR) is 116 cm³/mol. The molecule has 1 N–H and O–H groups in total. The van der Waals surface area contributed by atoms with E-state index in [2.05, 4.69) is 46.2 Å². The first-order chi connectivity index (χ1) is 13.5. The van der Waals surface area contributed by atoms with Crippen molar-refractivity contribution in [1.29, 1.82) is 0 Å². The van der Waals surface area contributed by atoms with Crippen molar-refractivity contribution in [3.8, 4) is 0 Å². The monoisotopic (exact) mass is 394 g/mol.